The van der Waals surface area contributed by atoms with E-state index in [1.807, 2.05) is 48.5 Å². The molecule has 1 amide bonds. The molecule has 1 unspecified atom stereocenters. The first-order chi connectivity index (χ1) is 14.9. The van der Waals surface area contributed by atoms with Gasteiger partial charge in [0, 0.05) is 50.1 Å². The Morgan fingerprint density at radius 2 is 1.90 bits per heavy atom. The van der Waals surface area contributed by atoms with Crippen molar-refractivity contribution in [1.82, 2.24) is 10.3 Å². The molecule has 3 aromatic rings. The summed E-state index contributed by atoms with van der Waals surface area (Å²) in [4.78, 5) is 16.4. The second-order valence-electron chi connectivity index (χ2n) is 8.14. The lowest BCUT2D eigenvalue weighted by Gasteiger charge is -2.18. The fraction of sp³-hybridized carbons (Fsp3) is 0.208. The number of pyridine rings is 1. The number of carbonyl (C=O) groups is 1. The summed E-state index contributed by atoms with van der Waals surface area (Å²) in [5.74, 6) is 4.30. The molecule has 1 aliphatic heterocycles. The smallest absolute Gasteiger partial charge is 0.251 e. The van der Waals surface area contributed by atoms with Crippen LogP contribution in [0.5, 0.6) is 0 Å². The van der Waals surface area contributed by atoms with E-state index in [0.717, 1.165) is 52.8 Å². The number of carbonyl (C=O) groups excluding carboxylic acids is 1. The Morgan fingerprint density at radius 1 is 1.06 bits per heavy atom. The van der Waals surface area contributed by atoms with Crippen molar-refractivity contribution in [1.29, 1.82) is 0 Å². The van der Waals surface area contributed by atoms with E-state index < -0.39 is 9.71 Å². The first-order valence-electron chi connectivity index (χ1n) is 10.3. The molecule has 2 aromatic carbocycles. The van der Waals surface area contributed by atoms with E-state index in [0.29, 0.717) is 17.9 Å². The average Bonchev–Trinajstić information content (AvgIpc) is 3.60. The minimum Gasteiger partial charge on any atom is -0.383 e. The highest BCUT2D eigenvalue weighted by molar-refractivity contribution is 8.02. The van der Waals surface area contributed by atoms with Crippen LogP contribution in [0, 0.1) is 0 Å². The number of anilines is 2. The van der Waals surface area contributed by atoms with E-state index in [9.17, 15) is 9.00 Å². The quantitative estimate of drug-likeness (QED) is 0.538. The third-order valence-corrected chi connectivity index (χ3v) is 7.94. The first kappa shape index (κ1) is 19.6. The zero-order valence-electron chi connectivity index (χ0n) is 17.1. The predicted octanol–water partition coefficient (Wildman–Crippen LogP) is 3.49. The van der Waals surface area contributed by atoms with Crippen molar-refractivity contribution in [2.45, 2.75) is 24.5 Å². The highest BCUT2D eigenvalue weighted by Crippen LogP contribution is 2.33. The average molecular weight is 433 g/mol. The maximum Gasteiger partial charge on any atom is 0.251 e. The molecule has 2 aliphatic rings. The largest absolute Gasteiger partial charge is 0.383 e. The molecule has 7 heteroatoms. The van der Waals surface area contributed by atoms with Crippen LogP contribution in [0.3, 0.4) is 0 Å². The summed E-state index contributed by atoms with van der Waals surface area (Å²) in [7, 11) is -2.33. The number of amides is 1. The summed E-state index contributed by atoms with van der Waals surface area (Å²) in [6.07, 6.45) is 4.46. The van der Waals surface area contributed by atoms with Crippen LogP contribution >= 0.6 is 0 Å². The number of benzene rings is 2. The van der Waals surface area contributed by atoms with Gasteiger partial charge in [0.15, 0.2) is 0 Å². The van der Waals surface area contributed by atoms with Gasteiger partial charge >= 0.3 is 0 Å². The molecular weight excluding hydrogens is 408 g/mol. The van der Waals surface area contributed by atoms with E-state index in [4.69, 9.17) is 5.73 Å². The molecule has 5 rings (SSSR count). The summed E-state index contributed by atoms with van der Waals surface area (Å²) in [6.45, 7) is 0.638. The topological polar surface area (TPSA) is 97.1 Å². The third-order valence-electron chi connectivity index (χ3n) is 5.81. The molecule has 158 valence electrons. The Morgan fingerprint density at radius 3 is 2.71 bits per heavy atom. The van der Waals surface area contributed by atoms with Crippen molar-refractivity contribution in [2.75, 3.05) is 17.0 Å². The molecule has 1 fully saturated rings. The van der Waals surface area contributed by atoms with Gasteiger partial charge in [-0.25, -0.2) is 9.19 Å². The van der Waals surface area contributed by atoms with Crippen LogP contribution in [0.2, 0.25) is 0 Å². The number of hydrogen-bond acceptors (Lipinski definition) is 4. The zero-order valence-corrected chi connectivity index (χ0v) is 17.9. The predicted molar refractivity (Wildman–Crippen MR) is 127 cm³/mol. The van der Waals surface area contributed by atoms with Crippen LogP contribution in [-0.2, 0) is 16.1 Å². The number of aromatic nitrogens is 1. The SMILES string of the molecule is C=S(=O)(Nc1cccc(-c2cnc(N)c(-c3ccc4c(c3)CCNC4=O)c2)c1)C1CC1. The van der Waals surface area contributed by atoms with E-state index in [1.54, 1.807) is 6.20 Å². The lowest BCUT2D eigenvalue weighted by Crippen LogP contribution is -2.31. The Kier molecular flexibility index (Phi) is 4.70. The molecular formula is C24H24N4O2S. The molecule has 6 nitrogen and oxygen atoms in total. The second kappa shape index (κ2) is 7.42. The van der Waals surface area contributed by atoms with Gasteiger partial charge in [-0.15, -0.1) is 0 Å². The van der Waals surface area contributed by atoms with E-state index in [-0.39, 0.29) is 11.2 Å². The van der Waals surface area contributed by atoms with Crippen molar-refractivity contribution in [3.63, 3.8) is 0 Å². The molecule has 0 spiro atoms. The number of nitrogens with zero attached hydrogens (tertiary/aromatic N) is 1. The van der Waals surface area contributed by atoms with Gasteiger partial charge in [-0.05, 0) is 66.1 Å². The standard InChI is InChI=1S/C24H24N4O2S/c1-31(30,20-6-7-20)28-19-4-2-3-15(12-19)18-13-22(23(25)27-14-18)16-5-8-21-17(11-16)9-10-26-24(21)29/h2-5,8,11-14,20H,1,6-7,9-10H2,(H2,25,27)(H,26,29)(H,28,30). The summed E-state index contributed by atoms with van der Waals surface area (Å²) in [6, 6.07) is 15.6. The Hall–Kier alpha value is -3.32. The third kappa shape index (κ3) is 3.88. The van der Waals surface area contributed by atoms with E-state index >= 15 is 0 Å². The highest BCUT2D eigenvalue weighted by atomic mass is 32.2. The molecule has 0 saturated heterocycles. The van der Waals surface area contributed by atoms with Gasteiger partial charge in [-0.1, -0.05) is 24.3 Å². The van der Waals surface area contributed by atoms with Gasteiger partial charge in [-0.3, -0.25) is 4.79 Å². The number of hydrogen-bond donors (Lipinski definition) is 3. The summed E-state index contributed by atoms with van der Waals surface area (Å²) in [5, 5.41) is 3.02. The van der Waals surface area contributed by atoms with Gasteiger partial charge in [0.25, 0.3) is 5.91 Å². The Labute approximate surface area is 182 Å². The van der Waals surface area contributed by atoms with Crippen molar-refractivity contribution in [3.8, 4) is 22.3 Å². The molecule has 1 saturated carbocycles. The lowest BCUT2D eigenvalue weighted by molar-refractivity contribution is 0.0946. The van der Waals surface area contributed by atoms with Gasteiger partial charge in [0.2, 0.25) is 0 Å². The Balaban J connectivity index is 1.49. The fourth-order valence-electron chi connectivity index (χ4n) is 3.95. The van der Waals surface area contributed by atoms with Gasteiger partial charge < -0.3 is 15.8 Å². The van der Waals surface area contributed by atoms with Gasteiger partial charge in [0.05, 0.1) is 0 Å². The number of fused-ring (bicyclic) bond motifs is 1. The lowest BCUT2D eigenvalue weighted by atomic mass is 9.94. The van der Waals surface area contributed by atoms with Crippen LogP contribution in [0.15, 0.2) is 54.7 Å². The highest BCUT2D eigenvalue weighted by Gasteiger charge is 2.30. The van der Waals surface area contributed by atoms with Gasteiger partial charge in [-0.2, -0.15) is 0 Å². The fourth-order valence-corrected chi connectivity index (χ4v) is 5.54. The number of nitrogens with one attached hydrogen (secondary N) is 2. The summed E-state index contributed by atoms with van der Waals surface area (Å²) < 4.78 is 15.8. The molecule has 2 heterocycles. The number of nitrogens with two attached hydrogens (primary N) is 1. The zero-order chi connectivity index (χ0) is 21.6. The molecule has 0 radical (unpaired) electrons. The maximum atomic E-state index is 12.7. The van der Waals surface area contributed by atoms with Crippen LogP contribution in [-0.4, -0.2) is 32.8 Å². The van der Waals surface area contributed by atoms with Crippen LogP contribution in [0.4, 0.5) is 11.5 Å². The normalized spacial score (nSPS) is 17.4. The monoisotopic (exact) mass is 432 g/mol. The molecule has 4 N–H and O–H groups in total. The summed E-state index contributed by atoms with van der Waals surface area (Å²) in [5.41, 5.74) is 12.3. The van der Waals surface area contributed by atoms with Crippen LogP contribution < -0.4 is 15.8 Å². The minimum absolute atomic E-state index is 0.0369. The number of rotatable bonds is 5. The Bertz CT molecular complexity index is 1300. The minimum atomic E-state index is -2.33. The molecule has 31 heavy (non-hydrogen) atoms. The molecule has 1 aromatic heterocycles. The van der Waals surface area contributed by atoms with Crippen molar-refractivity contribution < 1.29 is 9.00 Å². The van der Waals surface area contributed by atoms with E-state index in [1.165, 1.54) is 0 Å². The van der Waals surface area contributed by atoms with Crippen molar-refractivity contribution in [2.24, 2.45) is 0 Å². The van der Waals surface area contributed by atoms with Crippen LogP contribution in [0.1, 0.15) is 28.8 Å². The number of nitrogen functional groups attached to an aromatic ring is 1. The van der Waals surface area contributed by atoms with Crippen molar-refractivity contribution in [3.05, 3.63) is 65.9 Å². The van der Waals surface area contributed by atoms with E-state index in [2.05, 4.69) is 20.9 Å². The molecule has 1 atom stereocenters. The van der Waals surface area contributed by atoms with Crippen molar-refractivity contribution >= 4 is 33.0 Å². The second-order valence-corrected chi connectivity index (χ2v) is 10.5. The summed E-state index contributed by atoms with van der Waals surface area (Å²) >= 11 is 0. The molecule has 0 bridgehead atoms. The van der Waals surface area contributed by atoms with Crippen LogP contribution in [0.25, 0.3) is 22.3 Å². The maximum absolute atomic E-state index is 12.7. The van der Waals surface area contributed by atoms with Gasteiger partial charge in [0.1, 0.15) is 5.82 Å². The molecule has 1 aliphatic carbocycles. The first-order valence-corrected chi connectivity index (χ1v) is 12.1.